The number of hydrogen-bond acceptors (Lipinski definition) is 3. The Labute approximate surface area is 165 Å². The van der Waals surface area contributed by atoms with Crippen molar-refractivity contribution in [2.24, 2.45) is 4.99 Å². The van der Waals surface area contributed by atoms with Crippen LogP contribution in [-0.2, 0) is 14.9 Å². The summed E-state index contributed by atoms with van der Waals surface area (Å²) in [5, 5.41) is 0.503. The van der Waals surface area contributed by atoms with E-state index in [9.17, 15) is 4.79 Å². The lowest BCUT2D eigenvalue weighted by Gasteiger charge is -2.18. The van der Waals surface area contributed by atoms with E-state index < -0.39 is 5.97 Å². The lowest BCUT2D eigenvalue weighted by atomic mass is 9.87. The number of carbonyl (C=O) groups is 1. The SMILES string of the molecule is CC(C)(C)c1ccc(/C=C2\N=C(c3cc(I)ccc3Cl)OC2=O)cc1. The molecule has 0 amide bonds. The van der Waals surface area contributed by atoms with E-state index in [-0.39, 0.29) is 17.0 Å². The number of rotatable bonds is 2. The molecule has 0 aliphatic carbocycles. The molecule has 0 unspecified atom stereocenters. The fraction of sp³-hybridized carbons (Fsp3) is 0.200. The molecule has 128 valence electrons. The molecule has 0 aromatic heterocycles. The standard InChI is InChI=1S/C20H17ClINO2/c1-20(2,3)13-6-4-12(5-7-13)10-17-19(24)25-18(23-17)15-11-14(22)8-9-16(15)21/h4-11H,1-3H3/b17-10-. The van der Waals surface area contributed by atoms with E-state index in [1.54, 1.807) is 12.1 Å². The van der Waals surface area contributed by atoms with Crippen LogP contribution in [0.1, 0.15) is 37.5 Å². The smallest absolute Gasteiger partial charge is 0.363 e. The Morgan fingerprint density at radius 2 is 1.80 bits per heavy atom. The molecule has 1 heterocycles. The molecule has 2 aromatic carbocycles. The number of aliphatic imine (C=N–C) groups is 1. The molecule has 2 aromatic rings. The van der Waals surface area contributed by atoms with Crippen molar-refractivity contribution in [2.45, 2.75) is 26.2 Å². The summed E-state index contributed by atoms with van der Waals surface area (Å²) in [6.45, 7) is 6.49. The predicted octanol–water partition coefficient (Wildman–Crippen LogP) is 5.59. The summed E-state index contributed by atoms with van der Waals surface area (Å²) in [4.78, 5) is 16.5. The zero-order valence-corrected chi connectivity index (χ0v) is 17.1. The Kier molecular flexibility index (Phi) is 5.02. The molecule has 0 bridgehead atoms. The monoisotopic (exact) mass is 465 g/mol. The van der Waals surface area contributed by atoms with Gasteiger partial charge in [-0.25, -0.2) is 9.79 Å². The minimum atomic E-state index is -0.468. The Hall–Kier alpha value is -1.66. The van der Waals surface area contributed by atoms with Crippen LogP contribution in [0.2, 0.25) is 5.02 Å². The molecule has 0 saturated heterocycles. The van der Waals surface area contributed by atoms with Gasteiger partial charge in [0.05, 0.1) is 10.6 Å². The van der Waals surface area contributed by atoms with Crippen molar-refractivity contribution in [2.75, 3.05) is 0 Å². The number of nitrogens with zero attached hydrogens (tertiary/aromatic N) is 1. The third kappa shape index (κ3) is 4.12. The van der Waals surface area contributed by atoms with E-state index in [0.717, 1.165) is 9.13 Å². The normalized spacial score (nSPS) is 16.1. The molecule has 0 N–H and O–H groups in total. The average molecular weight is 466 g/mol. The van der Waals surface area contributed by atoms with Crippen LogP contribution < -0.4 is 0 Å². The molecule has 0 saturated carbocycles. The summed E-state index contributed by atoms with van der Waals surface area (Å²) >= 11 is 8.38. The summed E-state index contributed by atoms with van der Waals surface area (Å²) in [6, 6.07) is 13.6. The maximum absolute atomic E-state index is 12.1. The van der Waals surface area contributed by atoms with E-state index in [1.165, 1.54) is 5.56 Å². The van der Waals surface area contributed by atoms with Gasteiger partial charge in [-0.05, 0) is 63.4 Å². The largest absolute Gasteiger partial charge is 0.402 e. The maximum Gasteiger partial charge on any atom is 0.363 e. The molecule has 0 radical (unpaired) electrons. The van der Waals surface area contributed by atoms with Gasteiger partial charge >= 0.3 is 5.97 Å². The molecule has 0 atom stereocenters. The highest BCUT2D eigenvalue weighted by molar-refractivity contribution is 14.1. The van der Waals surface area contributed by atoms with Gasteiger partial charge in [-0.1, -0.05) is 56.6 Å². The van der Waals surface area contributed by atoms with Crippen LogP contribution in [0.4, 0.5) is 0 Å². The highest BCUT2D eigenvalue weighted by atomic mass is 127. The van der Waals surface area contributed by atoms with Gasteiger partial charge in [-0.15, -0.1) is 0 Å². The Morgan fingerprint density at radius 1 is 1.12 bits per heavy atom. The van der Waals surface area contributed by atoms with E-state index in [1.807, 2.05) is 24.3 Å². The number of carbonyl (C=O) groups excluding carboxylic acids is 1. The average Bonchev–Trinajstić information content (AvgIpc) is 2.90. The number of cyclic esters (lactones) is 1. The Morgan fingerprint density at radius 3 is 2.44 bits per heavy atom. The third-order valence-corrected chi connectivity index (χ3v) is 4.86. The Balaban J connectivity index is 1.92. The molecule has 0 spiro atoms. The quantitative estimate of drug-likeness (QED) is 0.330. The highest BCUT2D eigenvalue weighted by Crippen LogP contribution is 2.26. The van der Waals surface area contributed by atoms with Crippen LogP contribution >= 0.6 is 34.2 Å². The lowest BCUT2D eigenvalue weighted by Crippen LogP contribution is -2.10. The topological polar surface area (TPSA) is 38.7 Å². The van der Waals surface area contributed by atoms with E-state index in [4.69, 9.17) is 16.3 Å². The number of halogens is 2. The van der Waals surface area contributed by atoms with Crippen molar-refractivity contribution >= 4 is 52.1 Å². The van der Waals surface area contributed by atoms with Crippen LogP contribution in [0.5, 0.6) is 0 Å². The first-order valence-electron chi connectivity index (χ1n) is 7.82. The first kappa shape index (κ1) is 18.1. The summed E-state index contributed by atoms with van der Waals surface area (Å²) in [7, 11) is 0. The number of ether oxygens (including phenoxy) is 1. The van der Waals surface area contributed by atoms with Gasteiger partial charge in [0.2, 0.25) is 5.90 Å². The van der Waals surface area contributed by atoms with Crippen LogP contribution in [0, 0.1) is 3.57 Å². The van der Waals surface area contributed by atoms with Gasteiger partial charge in [0.15, 0.2) is 5.70 Å². The van der Waals surface area contributed by atoms with Crippen molar-refractivity contribution in [3.05, 3.63) is 73.4 Å². The molecular weight excluding hydrogens is 449 g/mol. The highest BCUT2D eigenvalue weighted by Gasteiger charge is 2.25. The molecule has 1 aliphatic heterocycles. The van der Waals surface area contributed by atoms with Crippen molar-refractivity contribution in [3.63, 3.8) is 0 Å². The van der Waals surface area contributed by atoms with Gasteiger partial charge < -0.3 is 4.74 Å². The number of benzene rings is 2. The number of hydrogen-bond donors (Lipinski definition) is 0. The minimum absolute atomic E-state index is 0.0878. The number of esters is 1. The van der Waals surface area contributed by atoms with E-state index >= 15 is 0 Å². The van der Waals surface area contributed by atoms with Gasteiger partial charge in [-0.2, -0.15) is 0 Å². The van der Waals surface area contributed by atoms with Crippen LogP contribution in [0.25, 0.3) is 6.08 Å². The van der Waals surface area contributed by atoms with E-state index in [2.05, 4.69) is 60.5 Å². The van der Waals surface area contributed by atoms with Crippen LogP contribution in [0.3, 0.4) is 0 Å². The summed E-state index contributed by atoms with van der Waals surface area (Å²) in [5.74, 6) is -0.226. The lowest BCUT2D eigenvalue weighted by molar-refractivity contribution is -0.129. The maximum atomic E-state index is 12.1. The van der Waals surface area contributed by atoms with Gasteiger partial charge in [0.1, 0.15) is 0 Å². The zero-order chi connectivity index (χ0) is 18.2. The van der Waals surface area contributed by atoms with Gasteiger partial charge in [-0.3, -0.25) is 0 Å². The molecule has 5 heteroatoms. The predicted molar refractivity (Wildman–Crippen MR) is 110 cm³/mol. The molecule has 25 heavy (non-hydrogen) atoms. The summed E-state index contributed by atoms with van der Waals surface area (Å²) in [6.07, 6.45) is 1.73. The summed E-state index contributed by atoms with van der Waals surface area (Å²) < 4.78 is 6.29. The van der Waals surface area contributed by atoms with Crippen molar-refractivity contribution in [1.29, 1.82) is 0 Å². The summed E-state index contributed by atoms with van der Waals surface area (Å²) in [5.41, 5.74) is 3.11. The second-order valence-electron chi connectivity index (χ2n) is 6.83. The van der Waals surface area contributed by atoms with E-state index in [0.29, 0.717) is 10.6 Å². The molecule has 3 rings (SSSR count). The van der Waals surface area contributed by atoms with Gasteiger partial charge in [0.25, 0.3) is 0 Å². The molecule has 0 fully saturated rings. The van der Waals surface area contributed by atoms with Crippen molar-refractivity contribution < 1.29 is 9.53 Å². The van der Waals surface area contributed by atoms with Crippen LogP contribution in [0.15, 0.2) is 53.2 Å². The zero-order valence-electron chi connectivity index (χ0n) is 14.1. The fourth-order valence-electron chi connectivity index (χ4n) is 2.42. The Bertz CT molecular complexity index is 893. The molecular formula is C20H17ClINO2. The van der Waals surface area contributed by atoms with Gasteiger partial charge in [0, 0.05) is 3.57 Å². The van der Waals surface area contributed by atoms with Crippen molar-refractivity contribution in [1.82, 2.24) is 0 Å². The fourth-order valence-corrected chi connectivity index (χ4v) is 3.11. The molecule has 3 nitrogen and oxygen atoms in total. The minimum Gasteiger partial charge on any atom is -0.402 e. The molecule has 1 aliphatic rings. The first-order valence-corrected chi connectivity index (χ1v) is 9.28. The second-order valence-corrected chi connectivity index (χ2v) is 8.49. The first-order chi connectivity index (χ1) is 11.7. The third-order valence-electron chi connectivity index (χ3n) is 3.86. The second kappa shape index (κ2) is 6.92. The van der Waals surface area contributed by atoms with Crippen molar-refractivity contribution in [3.8, 4) is 0 Å². The van der Waals surface area contributed by atoms with Crippen LogP contribution in [-0.4, -0.2) is 11.9 Å².